The SMILES string of the molecule is CCCCC/C=C/C/C=C/CCCCCCCC(=O)OC[C@H](COP(=O)(O)OC[C@H](N)C(=O)O)OC(=O)CCCCCCCCCCC/C=C/CCCCCC. The van der Waals surface area contributed by atoms with Crippen LogP contribution in [0.1, 0.15) is 194 Å². The lowest BCUT2D eigenvalue weighted by Crippen LogP contribution is -2.34. The second kappa shape index (κ2) is 39.5. The average molecular weight is 814 g/mol. The second-order valence-electron chi connectivity index (χ2n) is 14.8. The lowest BCUT2D eigenvalue weighted by Gasteiger charge is -2.20. The fraction of sp³-hybridized carbons (Fsp3) is 0.795. The largest absolute Gasteiger partial charge is 0.480 e. The number of unbranched alkanes of at least 4 members (excludes halogenated alkanes) is 21. The number of carbonyl (C=O) groups is 3. The minimum Gasteiger partial charge on any atom is -0.480 e. The molecule has 326 valence electrons. The molecule has 0 saturated heterocycles. The summed E-state index contributed by atoms with van der Waals surface area (Å²) in [4.78, 5) is 46.0. The fourth-order valence-electron chi connectivity index (χ4n) is 5.85. The Morgan fingerprint density at radius 1 is 0.554 bits per heavy atom. The van der Waals surface area contributed by atoms with Gasteiger partial charge in [0.2, 0.25) is 0 Å². The maximum Gasteiger partial charge on any atom is 0.472 e. The van der Waals surface area contributed by atoms with Gasteiger partial charge in [0.15, 0.2) is 6.10 Å². The molecule has 0 aliphatic rings. The van der Waals surface area contributed by atoms with Crippen molar-refractivity contribution in [3.63, 3.8) is 0 Å². The molecule has 0 amide bonds. The number of nitrogens with two attached hydrogens (primary N) is 1. The quantitative estimate of drug-likeness (QED) is 0.0232. The van der Waals surface area contributed by atoms with Crippen LogP contribution >= 0.6 is 7.82 Å². The number of phosphoric acid groups is 1. The summed E-state index contributed by atoms with van der Waals surface area (Å²) in [5, 5.41) is 8.89. The van der Waals surface area contributed by atoms with E-state index in [9.17, 15) is 23.8 Å². The van der Waals surface area contributed by atoms with Crippen LogP contribution in [0.3, 0.4) is 0 Å². The minimum atomic E-state index is -4.72. The lowest BCUT2D eigenvalue weighted by molar-refractivity contribution is -0.161. The zero-order chi connectivity index (χ0) is 41.4. The molecule has 12 heteroatoms. The molecule has 56 heavy (non-hydrogen) atoms. The van der Waals surface area contributed by atoms with Gasteiger partial charge in [0.1, 0.15) is 12.6 Å². The summed E-state index contributed by atoms with van der Waals surface area (Å²) in [5.74, 6) is -2.40. The van der Waals surface area contributed by atoms with Gasteiger partial charge in [-0.1, -0.05) is 147 Å². The van der Waals surface area contributed by atoms with Crippen LogP contribution in [0.5, 0.6) is 0 Å². The maximum absolute atomic E-state index is 12.6. The van der Waals surface area contributed by atoms with Crippen LogP contribution in [-0.2, 0) is 37.5 Å². The molecule has 11 nitrogen and oxygen atoms in total. The maximum atomic E-state index is 12.6. The Bertz CT molecular complexity index is 1100. The Hall–Kier alpha value is -2.30. The summed E-state index contributed by atoms with van der Waals surface area (Å²) in [6, 6.07) is -1.52. The summed E-state index contributed by atoms with van der Waals surface area (Å²) in [6.45, 7) is 2.75. The smallest absolute Gasteiger partial charge is 0.472 e. The summed E-state index contributed by atoms with van der Waals surface area (Å²) < 4.78 is 32.7. The van der Waals surface area contributed by atoms with Gasteiger partial charge in [-0.2, -0.15) is 0 Å². The average Bonchev–Trinajstić information content (AvgIpc) is 3.17. The number of rotatable bonds is 41. The molecular weight excluding hydrogens is 733 g/mol. The molecule has 0 radical (unpaired) electrons. The summed E-state index contributed by atoms with van der Waals surface area (Å²) in [5.41, 5.74) is 5.33. The first kappa shape index (κ1) is 53.7. The van der Waals surface area contributed by atoms with Gasteiger partial charge in [-0.05, 0) is 70.6 Å². The molecule has 0 aliphatic heterocycles. The molecule has 4 N–H and O–H groups in total. The number of allylic oxidation sites excluding steroid dienone is 6. The first-order chi connectivity index (χ1) is 27.1. The molecule has 0 fully saturated rings. The normalized spacial score (nSPS) is 14.1. The first-order valence-electron chi connectivity index (χ1n) is 22.0. The predicted molar refractivity (Wildman–Crippen MR) is 226 cm³/mol. The van der Waals surface area contributed by atoms with Crippen LogP contribution in [0.4, 0.5) is 0 Å². The molecule has 0 heterocycles. The standard InChI is InChI=1S/C44H80NO10P/c1-3-5-7-9-11-13-15-17-19-20-22-24-26-28-30-32-34-36-43(47)55-40(38-53-56(50,51)54-39-41(45)44(48)49)37-52-42(46)35-33-31-29-27-25-23-21-18-16-14-12-10-8-6-4-2/h12-15,18,21,40-41H,3-11,16-17,19-20,22-39,45H2,1-2H3,(H,48,49)(H,50,51)/b14-12+,15-13+,21-18+/t40-,41+/m1/s1. The number of ether oxygens (including phenoxy) is 2. The van der Waals surface area contributed by atoms with Crippen LogP contribution in [0.2, 0.25) is 0 Å². The Balaban J connectivity index is 4.37. The van der Waals surface area contributed by atoms with E-state index >= 15 is 0 Å². The van der Waals surface area contributed by atoms with E-state index in [0.29, 0.717) is 12.8 Å². The zero-order valence-electron chi connectivity index (χ0n) is 35.2. The van der Waals surface area contributed by atoms with Crippen molar-refractivity contribution in [1.82, 2.24) is 0 Å². The summed E-state index contributed by atoms with van der Waals surface area (Å²) in [6.07, 6.45) is 42.0. The van der Waals surface area contributed by atoms with E-state index in [2.05, 4.69) is 54.8 Å². The highest BCUT2D eigenvalue weighted by molar-refractivity contribution is 7.47. The second-order valence-corrected chi connectivity index (χ2v) is 16.3. The molecular formula is C44H80NO10P. The number of carboxylic acids is 1. The topological polar surface area (TPSA) is 172 Å². The number of hydrogen-bond acceptors (Lipinski definition) is 9. The van der Waals surface area contributed by atoms with E-state index in [-0.39, 0.29) is 19.4 Å². The first-order valence-corrected chi connectivity index (χ1v) is 23.5. The molecule has 0 aromatic carbocycles. The van der Waals surface area contributed by atoms with Crippen molar-refractivity contribution in [3.05, 3.63) is 36.5 Å². The fourth-order valence-corrected chi connectivity index (χ4v) is 6.63. The van der Waals surface area contributed by atoms with Crippen molar-refractivity contribution < 1.29 is 47.5 Å². The number of carbonyl (C=O) groups excluding carboxylic acids is 2. The van der Waals surface area contributed by atoms with Crippen LogP contribution in [0, 0.1) is 0 Å². The Labute approximate surface area is 340 Å². The van der Waals surface area contributed by atoms with Crippen LogP contribution in [-0.4, -0.2) is 59.9 Å². The highest BCUT2D eigenvalue weighted by atomic mass is 31.2. The van der Waals surface area contributed by atoms with Gasteiger partial charge in [0.25, 0.3) is 0 Å². The van der Waals surface area contributed by atoms with E-state index < -0.39 is 51.1 Å². The third-order valence-electron chi connectivity index (χ3n) is 9.36. The van der Waals surface area contributed by atoms with Crippen molar-refractivity contribution >= 4 is 25.7 Å². The van der Waals surface area contributed by atoms with E-state index in [1.54, 1.807) is 0 Å². The van der Waals surface area contributed by atoms with Crippen LogP contribution < -0.4 is 5.73 Å². The van der Waals surface area contributed by atoms with Crippen molar-refractivity contribution in [2.24, 2.45) is 5.73 Å². The van der Waals surface area contributed by atoms with Crippen LogP contribution in [0.15, 0.2) is 36.5 Å². The zero-order valence-corrected chi connectivity index (χ0v) is 36.1. The Morgan fingerprint density at radius 2 is 0.946 bits per heavy atom. The minimum absolute atomic E-state index is 0.156. The Kier molecular flexibility index (Phi) is 37.9. The Morgan fingerprint density at radius 3 is 1.45 bits per heavy atom. The number of carboxylic acid groups (broad SMARTS) is 1. The molecule has 0 saturated carbocycles. The van der Waals surface area contributed by atoms with Gasteiger partial charge >= 0.3 is 25.7 Å². The third-order valence-corrected chi connectivity index (χ3v) is 10.3. The van der Waals surface area contributed by atoms with E-state index in [0.717, 1.165) is 64.2 Å². The molecule has 0 aliphatic carbocycles. The van der Waals surface area contributed by atoms with Gasteiger partial charge in [0.05, 0.1) is 13.2 Å². The van der Waals surface area contributed by atoms with Gasteiger partial charge < -0.3 is 25.2 Å². The number of phosphoric ester groups is 1. The van der Waals surface area contributed by atoms with Crippen LogP contribution in [0.25, 0.3) is 0 Å². The number of hydrogen-bond donors (Lipinski definition) is 3. The van der Waals surface area contributed by atoms with E-state index in [1.165, 1.54) is 89.9 Å². The molecule has 0 rings (SSSR count). The van der Waals surface area contributed by atoms with Crippen molar-refractivity contribution in [1.29, 1.82) is 0 Å². The van der Waals surface area contributed by atoms with E-state index in [1.807, 2.05) is 0 Å². The van der Waals surface area contributed by atoms with Gasteiger partial charge in [-0.3, -0.25) is 23.4 Å². The molecule has 0 spiro atoms. The highest BCUT2D eigenvalue weighted by Crippen LogP contribution is 2.43. The highest BCUT2D eigenvalue weighted by Gasteiger charge is 2.28. The molecule has 3 atom stereocenters. The summed E-state index contributed by atoms with van der Waals surface area (Å²) in [7, 11) is -4.72. The predicted octanol–water partition coefficient (Wildman–Crippen LogP) is 11.6. The number of esters is 2. The van der Waals surface area contributed by atoms with Gasteiger partial charge in [-0.25, -0.2) is 4.57 Å². The molecule has 1 unspecified atom stereocenters. The lowest BCUT2D eigenvalue weighted by atomic mass is 10.1. The monoisotopic (exact) mass is 814 g/mol. The third kappa shape index (κ3) is 38.6. The van der Waals surface area contributed by atoms with E-state index in [4.69, 9.17) is 24.8 Å². The molecule has 0 bridgehead atoms. The van der Waals surface area contributed by atoms with Crippen molar-refractivity contribution in [2.75, 3.05) is 19.8 Å². The van der Waals surface area contributed by atoms with Crippen molar-refractivity contribution in [2.45, 2.75) is 206 Å². The molecule has 0 aromatic heterocycles. The van der Waals surface area contributed by atoms with Crippen molar-refractivity contribution in [3.8, 4) is 0 Å². The summed E-state index contributed by atoms with van der Waals surface area (Å²) >= 11 is 0. The molecule has 0 aromatic rings. The van der Waals surface area contributed by atoms with Gasteiger partial charge in [-0.15, -0.1) is 0 Å². The number of aliphatic carboxylic acids is 1. The van der Waals surface area contributed by atoms with Gasteiger partial charge in [0, 0.05) is 12.8 Å².